The number of carbonyl (C=O) groups is 1. The van der Waals surface area contributed by atoms with E-state index in [0.29, 0.717) is 28.8 Å². The minimum atomic E-state index is -1.10. The zero-order valence-electron chi connectivity index (χ0n) is 24.5. The van der Waals surface area contributed by atoms with Crippen LogP contribution in [0.5, 0.6) is 5.75 Å². The Morgan fingerprint density at radius 3 is 2.34 bits per heavy atom. The molecule has 1 saturated heterocycles. The summed E-state index contributed by atoms with van der Waals surface area (Å²) in [4.78, 5) is 24.6. The number of nitrogens with zero attached hydrogens (tertiary/aromatic N) is 3. The summed E-state index contributed by atoms with van der Waals surface area (Å²) < 4.78 is 11.3. The van der Waals surface area contributed by atoms with Crippen molar-refractivity contribution in [2.75, 3.05) is 31.2 Å². The third-order valence-corrected chi connectivity index (χ3v) is 8.11. The van der Waals surface area contributed by atoms with Crippen molar-refractivity contribution < 1.29 is 19.4 Å². The van der Waals surface area contributed by atoms with Gasteiger partial charge < -0.3 is 19.5 Å². The Kier molecular flexibility index (Phi) is 9.83. The van der Waals surface area contributed by atoms with E-state index in [2.05, 4.69) is 23.7 Å². The lowest BCUT2D eigenvalue weighted by molar-refractivity contribution is -0.149. The smallest absolute Gasteiger partial charge is 0.310 e. The predicted molar refractivity (Wildman–Crippen MR) is 164 cm³/mol. The van der Waals surface area contributed by atoms with E-state index in [4.69, 9.17) is 37.7 Å². The summed E-state index contributed by atoms with van der Waals surface area (Å²) in [6, 6.07) is 9.25. The number of ether oxygens (including phenoxy) is 2. The molecule has 1 fully saturated rings. The third kappa shape index (κ3) is 8.34. The van der Waals surface area contributed by atoms with E-state index >= 15 is 0 Å². The van der Waals surface area contributed by atoms with E-state index < -0.39 is 11.6 Å². The highest BCUT2D eigenvalue weighted by molar-refractivity contribution is 6.36. The zero-order valence-corrected chi connectivity index (χ0v) is 26.0. The van der Waals surface area contributed by atoms with Crippen molar-refractivity contribution in [3.63, 3.8) is 0 Å². The molecule has 1 N–H and O–H groups in total. The molecule has 7 nitrogen and oxygen atoms in total. The molecule has 0 spiro atoms. The summed E-state index contributed by atoms with van der Waals surface area (Å²) in [5, 5.41) is 11.3. The highest BCUT2D eigenvalue weighted by Gasteiger charge is 2.30. The van der Waals surface area contributed by atoms with Crippen molar-refractivity contribution in [3.8, 4) is 17.0 Å². The number of piperidine rings is 1. The van der Waals surface area contributed by atoms with Gasteiger partial charge in [0.1, 0.15) is 12.4 Å². The molecular formula is C32H39Cl2N3O4. The Morgan fingerprint density at radius 1 is 1.05 bits per heavy atom. The molecule has 1 aliphatic heterocycles. The quantitative estimate of drug-likeness (QED) is 0.255. The highest BCUT2D eigenvalue weighted by Crippen LogP contribution is 2.39. The third-order valence-electron chi connectivity index (χ3n) is 7.40. The number of pyridine rings is 2. The van der Waals surface area contributed by atoms with Crippen molar-refractivity contribution in [3.05, 3.63) is 69.6 Å². The van der Waals surface area contributed by atoms with Crippen LogP contribution < -0.4 is 9.64 Å². The minimum absolute atomic E-state index is 0.0593. The van der Waals surface area contributed by atoms with Crippen LogP contribution in [0, 0.1) is 12.3 Å². The van der Waals surface area contributed by atoms with Gasteiger partial charge in [0.2, 0.25) is 0 Å². The molecule has 0 atom stereocenters. The second-order valence-corrected chi connectivity index (χ2v) is 12.9. The molecule has 0 amide bonds. The molecule has 0 saturated carbocycles. The van der Waals surface area contributed by atoms with Crippen LogP contribution in [0.3, 0.4) is 0 Å². The number of rotatable bonds is 10. The fourth-order valence-corrected chi connectivity index (χ4v) is 5.44. The molecule has 0 unspecified atom stereocenters. The molecule has 9 heteroatoms. The number of hydrogen-bond donors (Lipinski definition) is 1. The Hall–Kier alpha value is -2.87. The number of aliphatic hydroxyl groups is 1. The standard InChI is InChI=1S/C32H39Cl2N3O4/c1-21-24(17-29(38)41-20-32(4,5)39)30(37-14-12-31(2,3)13-15-37)25(19-35-21)28-10-9-22(18-36-28)40-16-11-23-26(33)7-6-8-27(23)34/h6-10,18-19,39H,11-17,20H2,1-5H3. The lowest BCUT2D eigenvalue weighted by Gasteiger charge is -2.40. The van der Waals surface area contributed by atoms with Crippen LogP contribution in [0.4, 0.5) is 5.69 Å². The molecule has 0 aliphatic carbocycles. The van der Waals surface area contributed by atoms with Crippen LogP contribution in [0.2, 0.25) is 10.0 Å². The number of carbonyl (C=O) groups excluding carboxylic acids is 1. The van der Waals surface area contributed by atoms with Gasteiger partial charge in [-0.3, -0.25) is 14.8 Å². The second-order valence-electron chi connectivity index (χ2n) is 12.1. The Bertz CT molecular complexity index is 1340. The fourth-order valence-electron chi connectivity index (χ4n) is 4.85. The number of benzene rings is 1. The van der Waals surface area contributed by atoms with Crippen molar-refractivity contribution in [1.82, 2.24) is 9.97 Å². The molecule has 41 heavy (non-hydrogen) atoms. The monoisotopic (exact) mass is 599 g/mol. The SMILES string of the molecule is Cc1ncc(-c2ccc(OCCc3c(Cl)cccc3Cl)cn2)c(N2CCC(C)(C)CC2)c1CC(=O)OCC(C)(C)O. The summed E-state index contributed by atoms with van der Waals surface area (Å²) in [6.45, 7) is 11.8. The Morgan fingerprint density at radius 2 is 1.73 bits per heavy atom. The van der Waals surface area contributed by atoms with Crippen LogP contribution in [0.1, 0.15) is 57.4 Å². The van der Waals surface area contributed by atoms with Crippen molar-refractivity contribution in [1.29, 1.82) is 0 Å². The van der Waals surface area contributed by atoms with E-state index in [9.17, 15) is 9.90 Å². The van der Waals surface area contributed by atoms with Gasteiger partial charge >= 0.3 is 5.97 Å². The molecule has 0 bridgehead atoms. The van der Waals surface area contributed by atoms with Gasteiger partial charge in [-0.05, 0) is 68.9 Å². The number of aromatic nitrogens is 2. The number of hydrogen-bond acceptors (Lipinski definition) is 7. The first-order valence-electron chi connectivity index (χ1n) is 14.0. The molecule has 2 aromatic heterocycles. The zero-order chi connectivity index (χ0) is 29.8. The molecule has 1 aliphatic rings. The Balaban J connectivity index is 1.58. The van der Waals surface area contributed by atoms with E-state index in [-0.39, 0.29) is 18.4 Å². The molecule has 220 valence electrons. The molecule has 1 aromatic carbocycles. The average molecular weight is 601 g/mol. The maximum atomic E-state index is 12.9. The summed E-state index contributed by atoms with van der Waals surface area (Å²) in [5.74, 6) is 0.233. The van der Waals surface area contributed by atoms with Crippen molar-refractivity contribution >= 4 is 34.9 Å². The summed E-state index contributed by atoms with van der Waals surface area (Å²) in [7, 11) is 0. The predicted octanol–water partition coefficient (Wildman–Crippen LogP) is 6.86. The number of anilines is 1. The number of aryl methyl sites for hydroxylation is 1. The molecule has 4 rings (SSSR count). The Labute approximate surface area is 252 Å². The van der Waals surface area contributed by atoms with Crippen LogP contribution in [-0.4, -0.2) is 52.9 Å². The largest absolute Gasteiger partial charge is 0.492 e. The van der Waals surface area contributed by atoms with Gasteiger partial charge in [-0.2, -0.15) is 0 Å². The van der Waals surface area contributed by atoms with Gasteiger partial charge in [-0.25, -0.2) is 0 Å². The summed E-state index contributed by atoms with van der Waals surface area (Å²) in [5.41, 5.74) is 4.17. The van der Waals surface area contributed by atoms with Crippen molar-refractivity contribution in [2.45, 2.75) is 65.9 Å². The fraction of sp³-hybridized carbons (Fsp3) is 0.469. The van der Waals surface area contributed by atoms with Gasteiger partial charge in [0, 0.05) is 52.6 Å². The first kappa shape index (κ1) is 31.1. The normalized spacial score (nSPS) is 15.1. The highest BCUT2D eigenvalue weighted by atomic mass is 35.5. The van der Waals surface area contributed by atoms with E-state index in [1.54, 1.807) is 20.0 Å². The maximum Gasteiger partial charge on any atom is 0.310 e. The van der Waals surface area contributed by atoms with Crippen LogP contribution in [0.25, 0.3) is 11.3 Å². The van der Waals surface area contributed by atoms with Crippen LogP contribution in [-0.2, 0) is 22.4 Å². The van der Waals surface area contributed by atoms with Crippen molar-refractivity contribution in [2.24, 2.45) is 5.41 Å². The molecule has 3 aromatic rings. The van der Waals surface area contributed by atoms with Gasteiger partial charge in [0.05, 0.1) is 36.2 Å². The number of halogens is 2. The first-order chi connectivity index (χ1) is 19.3. The lowest BCUT2D eigenvalue weighted by Crippen LogP contribution is -2.38. The maximum absolute atomic E-state index is 12.9. The average Bonchev–Trinajstić information content (AvgIpc) is 2.90. The number of esters is 1. The molecular weight excluding hydrogens is 561 g/mol. The lowest BCUT2D eigenvalue weighted by atomic mass is 9.82. The minimum Gasteiger partial charge on any atom is -0.492 e. The summed E-state index contributed by atoms with van der Waals surface area (Å²) >= 11 is 12.6. The second kappa shape index (κ2) is 13.0. The van der Waals surface area contributed by atoms with Gasteiger partial charge in [0.15, 0.2) is 0 Å². The van der Waals surface area contributed by atoms with Crippen LogP contribution in [0.15, 0.2) is 42.7 Å². The first-order valence-corrected chi connectivity index (χ1v) is 14.7. The van der Waals surface area contributed by atoms with E-state index in [1.807, 2.05) is 43.5 Å². The summed E-state index contributed by atoms with van der Waals surface area (Å²) in [6.07, 6.45) is 6.23. The van der Waals surface area contributed by atoms with Gasteiger partial charge in [-0.1, -0.05) is 43.1 Å². The topological polar surface area (TPSA) is 84.8 Å². The van der Waals surface area contributed by atoms with Crippen LogP contribution >= 0.6 is 23.2 Å². The van der Waals surface area contributed by atoms with E-state index in [1.165, 1.54) is 0 Å². The van der Waals surface area contributed by atoms with Gasteiger partial charge in [0.25, 0.3) is 0 Å². The molecule has 0 radical (unpaired) electrons. The molecule has 3 heterocycles. The van der Waals surface area contributed by atoms with Gasteiger partial charge in [-0.15, -0.1) is 0 Å². The van der Waals surface area contributed by atoms with E-state index in [0.717, 1.165) is 59.7 Å².